The van der Waals surface area contributed by atoms with Crippen molar-refractivity contribution >= 4 is 34.1 Å². The molecule has 30 heavy (non-hydrogen) atoms. The molecule has 2 heterocycles. The lowest BCUT2D eigenvalue weighted by Crippen LogP contribution is -2.35. The molecule has 0 fully saturated rings. The Kier molecular flexibility index (Phi) is 6.99. The van der Waals surface area contributed by atoms with E-state index >= 15 is 0 Å². The summed E-state index contributed by atoms with van der Waals surface area (Å²) in [5, 5.41) is 15.7. The van der Waals surface area contributed by atoms with Crippen molar-refractivity contribution in [2.24, 2.45) is 11.8 Å². The average Bonchev–Trinajstić information content (AvgIpc) is 3.07. The number of aliphatic carboxylic acids is 1. The first-order valence-corrected chi connectivity index (χ1v) is 10.7. The van der Waals surface area contributed by atoms with E-state index in [0.717, 1.165) is 16.0 Å². The van der Waals surface area contributed by atoms with Gasteiger partial charge in [-0.2, -0.15) is 0 Å². The number of thiophene rings is 1. The summed E-state index contributed by atoms with van der Waals surface area (Å²) in [5.41, 5.74) is 2.22. The Morgan fingerprint density at radius 2 is 1.97 bits per heavy atom. The number of carbonyl (C=O) groups excluding carboxylic acids is 2. The summed E-state index contributed by atoms with van der Waals surface area (Å²) in [7, 11) is 0. The standard InChI is InChI=1S/C22H25N3O4S/c1-3-15-13(2)30-21(18(15)20(27)24-12-14-7-6-10-23-11-14)25-19(26)16-8-4-5-9-17(16)22(28)29/h4-7,10-11,16-17H,3,8-9,12H2,1-2H3,(H,24,27)(H,25,26)(H,28,29)/t16-,17+/m1/s1. The van der Waals surface area contributed by atoms with E-state index in [4.69, 9.17) is 0 Å². The predicted octanol–water partition coefficient (Wildman–Crippen LogP) is 3.55. The van der Waals surface area contributed by atoms with Gasteiger partial charge in [-0.25, -0.2) is 0 Å². The number of hydrogen-bond acceptors (Lipinski definition) is 5. The first-order chi connectivity index (χ1) is 14.4. The molecule has 7 nitrogen and oxygen atoms in total. The fourth-order valence-corrected chi connectivity index (χ4v) is 4.83. The topological polar surface area (TPSA) is 108 Å². The van der Waals surface area contributed by atoms with E-state index in [9.17, 15) is 19.5 Å². The van der Waals surface area contributed by atoms with E-state index in [0.29, 0.717) is 36.4 Å². The van der Waals surface area contributed by atoms with Crippen molar-refractivity contribution in [2.45, 2.75) is 39.7 Å². The highest BCUT2D eigenvalue weighted by Gasteiger charge is 2.35. The molecule has 2 aromatic rings. The first-order valence-electron chi connectivity index (χ1n) is 9.90. The van der Waals surface area contributed by atoms with Crippen LogP contribution < -0.4 is 10.6 Å². The molecule has 158 valence electrons. The highest BCUT2D eigenvalue weighted by molar-refractivity contribution is 7.16. The molecule has 1 aliphatic carbocycles. The number of amides is 2. The highest BCUT2D eigenvalue weighted by atomic mass is 32.1. The van der Waals surface area contributed by atoms with Crippen LogP contribution in [0.3, 0.4) is 0 Å². The number of carboxylic acid groups (broad SMARTS) is 1. The summed E-state index contributed by atoms with van der Waals surface area (Å²) in [6.45, 7) is 4.21. The van der Waals surface area contributed by atoms with Gasteiger partial charge in [0.2, 0.25) is 5.91 Å². The Labute approximate surface area is 179 Å². The number of hydrogen-bond donors (Lipinski definition) is 3. The Hall–Kier alpha value is -3.00. The number of pyridine rings is 1. The maximum absolute atomic E-state index is 13.0. The van der Waals surface area contributed by atoms with Gasteiger partial charge in [-0.1, -0.05) is 25.1 Å². The maximum Gasteiger partial charge on any atom is 0.307 e. The van der Waals surface area contributed by atoms with Gasteiger partial charge in [0.15, 0.2) is 0 Å². The van der Waals surface area contributed by atoms with Gasteiger partial charge in [0.05, 0.1) is 17.4 Å². The minimum atomic E-state index is -0.981. The van der Waals surface area contributed by atoms with Crippen molar-refractivity contribution in [3.63, 3.8) is 0 Å². The average molecular weight is 428 g/mol. The highest BCUT2D eigenvalue weighted by Crippen LogP contribution is 2.35. The van der Waals surface area contributed by atoms with Crippen LogP contribution in [-0.2, 0) is 22.6 Å². The maximum atomic E-state index is 13.0. The van der Waals surface area contributed by atoms with Gasteiger partial charge in [0.25, 0.3) is 5.91 Å². The number of allylic oxidation sites excluding steroid dienone is 2. The predicted molar refractivity (Wildman–Crippen MR) is 115 cm³/mol. The Morgan fingerprint density at radius 1 is 1.23 bits per heavy atom. The molecule has 8 heteroatoms. The molecule has 0 aliphatic heterocycles. The minimum absolute atomic E-state index is 0.270. The van der Waals surface area contributed by atoms with Gasteiger partial charge in [0.1, 0.15) is 5.00 Å². The third-order valence-corrected chi connectivity index (χ3v) is 6.35. The number of nitrogens with zero attached hydrogens (tertiary/aromatic N) is 1. The van der Waals surface area contributed by atoms with E-state index < -0.39 is 17.8 Å². The summed E-state index contributed by atoms with van der Waals surface area (Å²) in [4.78, 5) is 42.4. The lowest BCUT2D eigenvalue weighted by molar-refractivity contribution is -0.146. The number of aryl methyl sites for hydroxylation is 1. The molecule has 0 radical (unpaired) electrons. The number of aromatic nitrogens is 1. The van der Waals surface area contributed by atoms with Crippen LogP contribution in [0.1, 0.15) is 46.1 Å². The second-order valence-corrected chi connectivity index (χ2v) is 8.45. The van der Waals surface area contributed by atoms with Crippen LogP contribution in [0.2, 0.25) is 0 Å². The second kappa shape index (κ2) is 9.67. The van der Waals surface area contributed by atoms with Crippen LogP contribution in [0, 0.1) is 18.8 Å². The largest absolute Gasteiger partial charge is 0.481 e. The summed E-state index contributed by atoms with van der Waals surface area (Å²) < 4.78 is 0. The van der Waals surface area contributed by atoms with E-state index in [1.54, 1.807) is 24.5 Å². The number of rotatable bonds is 7. The summed E-state index contributed by atoms with van der Waals surface area (Å²) in [5.74, 6) is -3.04. The van der Waals surface area contributed by atoms with Crippen LogP contribution in [0.25, 0.3) is 0 Å². The van der Waals surface area contributed by atoms with Crippen molar-refractivity contribution in [1.82, 2.24) is 10.3 Å². The lowest BCUT2D eigenvalue weighted by Gasteiger charge is -2.24. The zero-order valence-corrected chi connectivity index (χ0v) is 17.8. The molecule has 0 saturated carbocycles. The zero-order valence-electron chi connectivity index (χ0n) is 17.0. The minimum Gasteiger partial charge on any atom is -0.481 e. The number of anilines is 1. The van der Waals surface area contributed by atoms with Gasteiger partial charge in [-0.15, -0.1) is 11.3 Å². The number of nitrogens with one attached hydrogen (secondary N) is 2. The SMILES string of the molecule is CCc1c(C)sc(NC(=O)[C@@H]2CC=CC[C@@H]2C(=O)O)c1C(=O)NCc1cccnc1. The van der Waals surface area contributed by atoms with Gasteiger partial charge >= 0.3 is 5.97 Å². The molecular formula is C22H25N3O4S. The first kappa shape index (κ1) is 21.7. The van der Waals surface area contributed by atoms with Crippen molar-refractivity contribution in [3.05, 3.63) is 58.2 Å². The summed E-state index contributed by atoms with van der Waals surface area (Å²) in [6, 6.07) is 3.68. The molecule has 0 bridgehead atoms. The van der Waals surface area contributed by atoms with Crippen LogP contribution in [0.4, 0.5) is 5.00 Å². The van der Waals surface area contributed by atoms with Crippen LogP contribution >= 0.6 is 11.3 Å². The van der Waals surface area contributed by atoms with E-state index in [2.05, 4.69) is 15.6 Å². The van der Waals surface area contributed by atoms with Crippen LogP contribution in [-0.4, -0.2) is 27.9 Å². The third kappa shape index (κ3) is 4.76. The van der Waals surface area contributed by atoms with E-state index in [-0.39, 0.29) is 11.8 Å². The smallest absolute Gasteiger partial charge is 0.307 e. The molecule has 0 aromatic carbocycles. The van der Waals surface area contributed by atoms with Crippen molar-refractivity contribution < 1.29 is 19.5 Å². The third-order valence-electron chi connectivity index (χ3n) is 5.29. The fourth-order valence-electron chi connectivity index (χ4n) is 3.69. The monoisotopic (exact) mass is 427 g/mol. The Morgan fingerprint density at radius 3 is 2.60 bits per heavy atom. The zero-order chi connectivity index (χ0) is 21.7. The van der Waals surface area contributed by atoms with Gasteiger partial charge < -0.3 is 15.7 Å². The Balaban J connectivity index is 1.81. The summed E-state index contributed by atoms with van der Waals surface area (Å²) >= 11 is 1.35. The number of carboxylic acids is 1. The summed E-state index contributed by atoms with van der Waals surface area (Å²) in [6.07, 6.45) is 8.34. The molecule has 3 rings (SSSR count). The molecule has 2 atom stereocenters. The molecule has 2 aromatic heterocycles. The van der Waals surface area contributed by atoms with Crippen molar-refractivity contribution in [1.29, 1.82) is 0 Å². The van der Waals surface area contributed by atoms with E-state index in [1.807, 2.05) is 26.0 Å². The van der Waals surface area contributed by atoms with Crippen molar-refractivity contribution in [3.8, 4) is 0 Å². The molecule has 1 aliphatic rings. The van der Waals surface area contributed by atoms with Gasteiger partial charge in [0, 0.05) is 23.8 Å². The second-order valence-electron chi connectivity index (χ2n) is 7.22. The molecule has 3 N–H and O–H groups in total. The van der Waals surface area contributed by atoms with Crippen LogP contribution in [0.5, 0.6) is 0 Å². The quantitative estimate of drug-likeness (QED) is 0.586. The molecule has 0 saturated heterocycles. The van der Waals surface area contributed by atoms with Crippen LogP contribution in [0.15, 0.2) is 36.7 Å². The van der Waals surface area contributed by atoms with Gasteiger partial charge in [-0.3, -0.25) is 19.4 Å². The molecular weight excluding hydrogens is 402 g/mol. The Bertz CT molecular complexity index is 968. The van der Waals surface area contributed by atoms with E-state index in [1.165, 1.54) is 11.3 Å². The lowest BCUT2D eigenvalue weighted by atomic mass is 9.82. The fraction of sp³-hybridized carbons (Fsp3) is 0.364. The number of carbonyl (C=O) groups is 3. The van der Waals surface area contributed by atoms with Gasteiger partial charge in [-0.05, 0) is 43.4 Å². The molecule has 2 amide bonds. The molecule has 0 spiro atoms. The normalized spacial score (nSPS) is 18.1. The van der Waals surface area contributed by atoms with Crippen molar-refractivity contribution in [2.75, 3.05) is 5.32 Å². The molecule has 0 unspecified atom stereocenters.